The molecular weight excluding hydrogens is 254 g/mol. The van der Waals surface area contributed by atoms with E-state index in [4.69, 9.17) is 0 Å². The lowest BCUT2D eigenvalue weighted by Crippen LogP contribution is -2.04. The molecule has 0 fully saturated rings. The molecule has 112 valence electrons. The second kappa shape index (κ2) is 7.31. The molecule has 0 spiro atoms. The van der Waals surface area contributed by atoms with E-state index < -0.39 is 0 Å². The molecule has 0 unspecified atom stereocenters. The third kappa shape index (κ3) is 4.63. The van der Waals surface area contributed by atoms with Crippen molar-refractivity contribution < 1.29 is 0 Å². The Labute approximate surface area is 129 Å². The summed E-state index contributed by atoms with van der Waals surface area (Å²) >= 11 is 0. The monoisotopic (exact) mass is 281 g/mol. The van der Waals surface area contributed by atoms with E-state index in [-0.39, 0.29) is 0 Å². The van der Waals surface area contributed by atoms with E-state index >= 15 is 0 Å². The smallest absolute Gasteiger partial charge is 0.0400 e. The minimum Gasteiger partial charge on any atom is -0.381 e. The molecule has 0 radical (unpaired) electrons. The maximum absolute atomic E-state index is 3.54. The normalized spacial score (nSPS) is 11.1. The number of anilines is 1. The first-order valence-electron chi connectivity index (χ1n) is 7.97. The molecule has 0 heterocycles. The molecule has 0 atom stereocenters. The summed E-state index contributed by atoms with van der Waals surface area (Å²) in [6.45, 7) is 10.00. The molecule has 0 bridgehead atoms. The Morgan fingerprint density at radius 2 is 1.62 bits per heavy atom. The fourth-order valence-corrected chi connectivity index (χ4v) is 2.67. The Morgan fingerprint density at radius 1 is 0.905 bits per heavy atom. The molecule has 0 aromatic heterocycles. The van der Waals surface area contributed by atoms with Crippen LogP contribution in [0.15, 0.2) is 48.5 Å². The fraction of sp³-hybridized carbons (Fsp3) is 0.400. The lowest BCUT2D eigenvalue weighted by molar-refractivity contribution is 0.638. The van der Waals surface area contributed by atoms with Gasteiger partial charge in [-0.2, -0.15) is 0 Å². The summed E-state index contributed by atoms with van der Waals surface area (Å²) in [4.78, 5) is 0. The third-order valence-electron chi connectivity index (χ3n) is 3.74. The Balaban J connectivity index is 2.12. The first-order chi connectivity index (χ1) is 10.1. The molecule has 1 nitrogen and oxygen atoms in total. The lowest BCUT2D eigenvalue weighted by Gasteiger charge is -2.17. The zero-order valence-electron chi connectivity index (χ0n) is 13.7. The Bertz CT molecular complexity index is 555. The van der Waals surface area contributed by atoms with Crippen molar-refractivity contribution in [1.82, 2.24) is 0 Å². The molecule has 1 N–H and O–H groups in total. The highest BCUT2D eigenvalue weighted by molar-refractivity contribution is 5.50. The molecule has 0 saturated carbocycles. The number of benzene rings is 2. The van der Waals surface area contributed by atoms with Crippen LogP contribution in [-0.2, 0) is 13.0 Å². The van der Waals surface area contributed by atoms with E-state index in [1.54, 1.807) is 0 Å². The van der Waals surface area contributed by atoms with Gasteiger partial charge < -0.3 is 5.32 Å². The van der Waals surface area contributed by atoms with Crippen LogP contribution < -0.4 is 5.32 Å². The summed E-state index contributed by atoms with van der Waals surface area (Å²) in [6.07, 6.45) is 1.16. The number of hydrogen-bond donors (Lipinski definition) is 1. The predicted molar refractivity (Wildman–Crippen MR) is 92.8 cm³/mol. The summed E-state index contributed by atoms with van der Waals surface area (Å²) in [6, 6.07) is 17.4. The Morgan fingerprint density at radius 3 is 2.24 bits per heavy atom. The summed E-state index contributed by atoms with van der Waals surface area (Å²) in [5.41, 5.74) is 5.50. The third-order valence-corrected chi connectivity index (χ3v) is 3.74. The van der Waals surface area contributed by atoms with Crippen molar-refractivity contribution in [1.29, 1.82) is 0 Å². The summed E-state index contributed by atoms with van der Waals surface area (Å²) in [7, 11) is 0. The molecule has 2 aromatic rings. The van der Waals surface area contributed by atoms with Crippen molar-refractivity contribution in [3.05, 3.63) is 65.2 Å². The standard InChI is InChI=1S/C20H27N/c1-15(2)12-18-10-11-19(13-20(18)16(3)4)21-14-17-8-6-5-7-9-17/h5-11,13,15-16,21H,12,14H2,1-4H3. The Hall–Kier alpha value is -1.76. The average molecular weight is 281 g/mol. The van der Waals surface area contributed by atoms with E-state index in [9.17, 15) is 0 Å². The average Bonchev–Trinajstić information content (AvgIpc) is 2.46. The van der Waals surface area contributed by atoms with Crippen molar-refractivity contribution in [2.75, 3.05) is 5.32 Å². The zero-order valence-corrected chi connectivity index (χ0v) is 13.7. The van der Waals surface area contributed by atoms with Crippen molar-refractivity contribution in [3.63, 3.8) is 0 Å². The molecule has 0 saturated heterocycles. The maximum Gasteiger partial charge on any atom is 0.0400 e. The van der Waals surface area contributed by atoms with Gasteiger partial charge in [-0.15, -0.1) is 0 Å². The highest BCUT2D eigenvalue weighted by Gasteiger charge is 2.09. The van der Waals surface area contributed by atoms with Gasteiger partial charge in [0.1, 0.15) is 0 Å². The quantitative estimate of drug-likeness (QED) is 0.724. The first-order valence-corrected chi connectivity index (χ1v) is 7.97. The van der Waals surface area contributed by atoms with Gasteiger partial charge in [0, 0.05) is 12.2 Å². The van der Waals surface area contributed by atoms with E-state index in [2.05, 4.69) is 81.5 Å². The first kappa shape index (κ1) is 15.6. The molecule has 21 heavy (non-hydrogen) atoms. The molecule has 2 rings (SSSR count). The van der Waals surface area contributed by atoms with Crippen molar-refractivity contribution in [2.24, 2.45) is 5.92 Å². The predicted octanol–water partition coefficient (Wildman–Crippen LogP) is 5.62. The van der Waals surface area contributed by atoms with Crippen LogP contribution in [0, 0.1) is 5.92 Å². The second-order valence-electron chi connectivity index (χ2n) is 6.51. The van der Waals surface area contributed by atoms with E-state index in [0.717, 1.165) is 13.0 Å². The largest absolute Gasteiger partial charge is 0.381 e. The highest BCUT2D eigenvalue weighted by Crippen LogP contribution is 2.26. The molecule has 0 aliphatic carbocycles. The van der Waals surface area contributed by atoms with Crippen LogP contribution in [0.5, 0.6) is 0 Å². The van der Waals surface area contributed by atoms with Gasteiger partial charge in [-0.3, -0.25) is 0 Å². The van der Waals surface area contributed by atoms with Gasteiger partial charge in [0.2, 0.25) is 0 Å². The maximum atomic E-state index is 3.54. The van der Waals surface area contributed by atoms with Crippen molar-refractivity contribution in [2.45, 2.75) is 46.6 Å². The van der Waals surface area contributed by atoms with Crippen LogP contribution in [0.1, 0.15) is 50.3 Å². The molecule has 0 amide bonds. The van der Waals surface area contributed by atoms with Crippen molar-refractivity contribution >= 4 is 5.69 Å². The highest BCUT2D eigenvalue weighted by atomic mass is 14.9. The van der Waals surface area contributed by atoms with E-state index in [1.807, 2.05) is 0 Å². The second-order valence-corrected chi connectivity index (χ2v) is 6.51. The molecule has 0 aliphatic rings. The minimum atomic E-state index is 0.567. The van der Waals surface area contributed by atoms with Gasteiger partial charge in [-0.25, -0.2) is 0 Å². The van der Waals surface area contributed by atoms with Crippen LogP contribution in [0.25, 0.3) is 0 Å². The van der Waals surface area contributed by atoms with Gasteiger partial charge in [-0.1, -0.05) is 64.1 Å². The van der Waals surface area contributed by atoms with Gasteiger partial charge in [0.25, 0.3) is 0 Å². The zero-order chi connectivity index (χ0) is 15.2. The minimum absolute atomic E-state index is 0.567. The van der Waals surface area contributed by atoms with Gasteiger partial charge in [-0.05, 0) is 47.1 Å². The van der Waals surface area contributed by atoms with Crippen LogP contribution in [0.4, 0.5) is 5.69 Å². The topological polar surface area (TPSA) is 12.0 Å². The van der Waals surface area contributed by atoms with Crippen LogP contribution in [-0.4, -0.2) is 0 Å². The van der Waals surface area contributed by atoms with Crippen LogP contribution in [0.2, 0.25) is 0 Å². The van der Waals surface area contributed by atoms with Gasteiger partial charge in [0.15, 0.2) is 0 Å². The summed E-state index contributed by atoms with van der Waals surface area (Å²) in [5, 5.41) is 3.54. The SMILES string of the molecule is CC(C)Cc1ccc(NCc2ccccc2)cc1C(C)C. The molecule has 1 heteroatoms. The number of nitrogens with one attached hydrogen (secondary N) is 1. The number of hydrogen-bond acceptors (Lipinski definition) is 1. The Kier molecular flexibility index (Phi) is 5.44. The number of rotatable bonds is 6. The van der Waals surface area contributed by atoms with Crippen LogP contribution >= 0.6 is 0 Å². The van der Waals surface area contributed by atoms with Gasteiger partial charge >= 0.3 is 0 Å². The molecular formula is C20H27N. The fourth-order valence-electron chi connectivity index (χ4n) is 2.67. The van der Waals surface area contributed by atoms with Crippen molar-refractivity contribution in [3.8, 4) is 0 Å². The van der Waals surface area contributed by atoms with E-state index in [0.29, 0.717) is 11.8 Å². The summed E-state index contributed by atoms with van der Waals surface area (Å²) < 4.78 is 0. The molecule has 2 aromatic carbocycles. The van der Waals surface area contributed by atoms with Gasteiger partial charge in [0.05, 0.1) is 0 Å². The molecule has 0 aliphatic heterocycles. The van der Waals surface area contributed by atoms with E-state index in [1.165, 1.54) is 22.4 Å². The lowest BCUT2D eigenvalue weighted by atomic mass is 9.91. The summed E-state index contributed by atoms with van der Waals surface area (Å²) in [5.74, 6) is 1.27. The van der Waals surface area contributed by atoms with Crippen LogP contribution in [0.3, 0.4) is 0 Å².